The van der Waals surface area contributed by atoms with Crippen molar-refractivity contribution in [2.24, 2.45) is 20.5 Å². The molecule has 0 radical (unpaired) electrons. The average Bonchev–Trinajstić information content (AvgIpc) is 1.60. The zero-order chi connectivity index (χ0) is 68.9. The first-order valence-electron chi connectivity index (χ1n) is 30.1. The second kappa shape index (κ2) is 29.1. The van der Waals surface area contributed by atoms with E-state index in [9.17, 15) is 50.4 Å². The minimum Gasteiger partial charge on any atom is -0.378 e. The normalized spacial score (nSPS) is 15.4. The first-order chi connectivity index (χ1) is 46.6. The van der Waals surface area contributed by atoms with Crippen LogP contribution in [-0.2, 0) is 29.7 Å². The molecule has 36 heteroatoms. The van der Waals surface area contributed by atoms with Gasteiger partial charge in [0.05, 0.1) is 79.6 Å². The Morgan fingerprint density at radius 1 is 0.619 bits per heavy atom. The smallest absolute Gasteiger partial charge is 0.334 e. The van der Waals surface area contributed by atoms with Gasteiger partial charge in [-0.25, -0.2) is 14.5 Å². The van der Waals surface area contributed by atoms with E-state index in [2.05, 4.69) is 35.5 Å². The van der Waals surface area contributed by atoms with E-state index in [0.717, 1.165) is 70.4 Å². The molecule has 2 saturated heterocycles. The van der Waals surface area contributed by atoms with Gasteiger partial charge in [0.15, 0.2) is 5.16 Å². The number of carbonyl (C=O) groups excluding carboxylic acids is 4. The average molecular weight is 1410 g/mol. The number of ether oxygens (including phenoxy) is 2. The standard InChI is InChI=1S/C61H59N19O12S5/c1-7-75(8-2)35-12-18-44(71-73-60-66-51(77-20-24-91-25-21-77)48(94-60)30-37(34-62)79-53(81)40-16-14-38(96(85,86)87)31-42(40)55(79)83)46(28-35)64-57-68-58(70-59(69-57)93-11-5)65-47-29-36(76(9-3)10-4)13-19-45(47)72-74-61-67-52(78-22-26-92-27-23-78)49(95-61)33-50(63-6)80-54(82)41-17-15-39(97(88,89)90)32-43(41)56(80)84/h12-19,28-33H,7-11,20-27H2,1-5H3,(H,85,86,87)(H,88,89,90)(H2,64,65,68,69,70)/b37-30+,50-33+,73-71+,74-72+. The highest BCUT2D eigenvalue weighted by Crippen LogP contribution is 2.42. The van der Waals surface area contributed by atoms with E-state index in [0.29, 0.717) is 144 Å². The van der Waals surface area contributed by atoms with Gasteiger partial charge in [-0.3, -0.25) is 18.7 Å². The Labute approximate surface area is 568 Å². The number of nitriles is 1. The van der Waals surface area contributed by atoms with E-state index in [1.165, 1.54) is 23.9 Å². The number of carbonyl (C=O) groups is 4. The second-order valence-corrected chi connectivity index (χ2v) is 27.3. The number of fused-ring (bicyclic) bond motifs is 2. The minimum atomic E-state index is -4.73. The van der Waals surface area contributed by atoms with Crippen molar-refractivity contribution in [3.63, 3.8) is 0 Å². The summed E-state index contributed by atoms with van der Waals surface area (Å²) in [5, 5.41) is 36.5. The van der Waals surface area contributed by atoms with Crippen LogP contribution in [0.15, 0.2) is 120 Å². The number of amides is 4. The molecule has 4 aromatic carbocycles. The largest absolute Gasteiger partial charge is 0.378 e. The van der Waals surface area contributed by atoms with Crippen LogP contribution in [0.3, 0.4) is 0 Å². The van der Waals surface area contributed by atoms with Gasteiger partial charge in [0, 0.05) is 63.7 Å². The van der Waals surface area contributed by atoms with Crippen LogP contribution in [0.2, 0.25) is 0 Å². The highest BCUT2D eigenvalue weighted by atomic mass is 32.2. The van der Waals surface area contributed by atoms with Crippen molar-refractivity contribution < 1.29 is 54.6 Å². The molecular weight excluding hydrogens is 1350 g/mol. The Hall–Kier alpha value is -10.0. The Morgan fingerprint density at radius 3 is 1.47 bits per heavy atom. The summed E-state index contributed by atoms with van der Waals surface area (Å²) >= 11 is 3.43. The fourth-order valence-corrected chi connectivity index (χ4v) is 14.0. The van der Waals surface area contributed by atoms with Crippen LogP contribution in [0, 0.1) is 17.9 Å². The third-order valence-electron chi connectivity index (χ3n) is 15.5. The van der Waals surface area contributed by atoms with Crippen LogP contribution in [0.4, 0.5) is 67.9 Å². The maximum atomic E-state index is 13.7. The lowest BCUT2D eigenvalue weighted by molar-refractivity contribution is 0.0695. The van der Waals surface area contributed by atoms with E-state index in [1.807, 2.05) is 74.8 Å². The second-order valence-electron chi connectivity index (χ2n) is 21.2. The lowest BCUT2D eigenvalue weighted by atomic mass is 10.1. The number of azo groups is 2. The number of morpholine rings is 2. The number of thiazole rings is 2. The zero-order valence-corrected chi connectivity index (χ0v) is 56.5. The molecule has 0 bridgehead atoms. The van der Waals surface area contributed by atoms with Crippen LogP contribution >= 0.6 is 34.4 Å². The van der Waals surface area contributed by atoms with Crippen LogP contribution < -0.4 is 30.2 Å². The monoisotopic (exact) mass is 1410 g/mol. The predicted octanol–water partition coefficient (Wildman–Crippen LogP) is 10.7. The van der Waals surface area contributed by atoms with Crippen LogP contribution in [0.5, 0.6) is 0 Å². The number of allylic oxidation sites excluding steroid dienone is 1. The molecular formula is C61H59N19O12S5. The van der Waals surface area contributed by atoms with Gasteiger partial charge in [0.1, 0.15) is 34.8 Å². The van der Waals surface area contributed by atoms with Gasteiger partial charge < -0.3 is 44.6 Å². The molecule has 11 rings (SSSR count). The number of hydrogen-bond acceptors (Lipinski definition) is 29. The fraction of sp³-hybridized carbons (Fsp3) is 0.295. The van der Waals surface area contributed by atoms with Gasteiger partial charge in [-0.05, 0) is 118 Å². The number of nitrogens with zero attached hydrogens (tertiary/aromatic N) is 17. The number of nitrogens with one attached hydrogen (secondary N) is 2. The number of hydrogen-bond donors (Lipinski definition) is 4. The summed E-state index contributed by atoms with van der Waals surface area (Å²) in [7, 11) is -9.46. The van der Waals surface area contributed by atoms with Crippen molar-refractivity contribution >= 4 is 158 Å². The molecule has 500 valence electrons. The van der Waals surface area contributed by atoms with Crippen molar-refractivity contribution in [1.82, 2.24) is 34.7 Å². The fourth-order valence-electron chi connectivity index (χ4n) is 10.7. The topological polar surface area (TPSA) is 381 Å². The number of benzene rings is 4. The van der Waals surface area contributed by atoms with Crippen molar-refractivity contribution in [2.45, 2.75) is 49.6 Å². The summed E-state index contributed by atoms with van der Waals surface area (Å²) < 4.78 is 78.4. The maximum Gasteiger partial charge on any atom is 0.334 e. The molecule has 97 heavy (non-hydrogen) atoms. The molecule has 4 amide bonds. The van der Waals surface area contributed by atoms with E-state index in [-0.39, 0.29) is 50.1 Å². The molecule has 7 aromatic rings. The molecule has 0 atom stereocenters. The van der Waals surface area contributed by atoms with Gasteiger partial charge >= 0.3 is 11.8 Å². The molecule has 0 aliphatic carbocycles. The van der Waals surface area contributed by atoms with Gasteiger partial charge in [0.2, 0.25) is 28.0 Å². The van der Waals surface area contributed by atoms with E-state index < -0.39 is 59.5 Å². The van der Waals surface area contributed by atoms with Gasteiger partial charge in [-0.2, -0.15) is 51.9 Å². The highest BCUT2D eigenvalue weighted by Gasteiger charge is 2.44. The third kappa shape index (κ3) is 14.7. The Bertz CT molecular complexity index is 4470. The molecule has 4 N–H and O–H groups in total. The van der Waals surface area contributed by atoms with Crippen LogP contribution in [0.25, 0.3) is 17.0 Å². The molecule has 0 spiro atoms. The minimum absolute atomic E-state index is 0.120. The summed E-state index contributed by atoms with van der Waals surface area (Å²) in [5.41, 5.74) is 1.92. The van der Waals surface area contributed by atoms with Crippen molar-refractivity contribution in [3.05, 3.63) is 128 Å². The number of aromatic nitrogens is 5. The van der Waals surface area contributed by atoms with Gasteiger partial charge in [-0.15, -0.1) is 20.5 Å². The van der Waals surface area contributed by atoms with E-state index >= 15 is 0 Å². The molecule has 7 heterocycles. The van der Waals surface area contributed by atoms with Crippen molar-refractivity contribution in [3.8, 4) is 6.07 Å². The molecule has 4 aliphatic heterocycles. The van der Waals surface area contributed by atoms with Crippen molar-refractivity contribution in [1.29, 1.82) is 5.26 Å². The third-order valence-corrected chi connectivity index (χ3v) is 19.7. The molecule has 0 saturated carbocycles. The quantitative estimate of drug-likeness (QED) is 0.0109. The molecule has 0 unspecified atom stereocenters. The summed E-state index contributed by atoms with van der Waals surface area (Å²) in [6, 6.07) is 19.0. The molecule has 3 aromatic heterocycles. The molecule has 2 fully saturated rings. The van der Waals surface area contributed by atoms with Crippen molar-refractivity contribution in [2.75, 3.05) is 115 Å². The maximum absolute atomic E-state index is 13.7. The first kappa shape index (κ1) is 68.4. The van der Waals surface area contributed by atoms with Gasteiger partial charge in [-0.1, -0.05) is 47.9 Å². The van der Waals surface area contributed by atoms with Crippen LogP contribution in [-0.4, -0.2) is 169 Å². The summed E-state index contributed by atoms with van der Waals surface area (Å²) in [6.45, 7) is 23.9. The highest BCUT2D eigenvalue weighted by molar-refractivity contribution is 7.99. The van der Waals surface area contributed by atoms with Crippen LogP contribution in [0.1, 0.15) is 85.8 Å². The zero-order valence-electron chi connectivity index (χ0n) is 52.4. The summed E-state index contributed by atoms with van der Waals surface area (Å²) in [4.78, 5) is 91.4. The molecule has 4 aliphatic rings. The lowest BCUT2D eigenvalue weighted by Gasteiger charge is -2.27. The Morgan fingerprint density at radius 2 is 1.05 bits per heavy atom. The Balaban J connectivity index is 0.922. The number of imide groups is 2. The van der Waals surface area contributed by atoms with E-state index in [1.54, 1.807) is 12.1 Å². The predicted molar refractivity (Wildman–Crippen MR) is 363 cm³/mol. The van der Waals surface area contributed by atoms with Gasteiger partial charge in [0.25, 0.3) is 32.1 Å². The Kier molecular flexibility index (Phi) is 20.5. The first-order valence-corrected chi connectivity index (χ1v) is 35.6. The number of thioether (sulfide) groups is 1. The number of anilines is 8. The summed E-state index contributed by atoms with van der Waals surface area (Å²) in [5.74, 6) is -2.47. The lowest BCUT2D eigenvalue weighted by Crippen LogP contribution is -2.36. The summed E-state index contributed by atoms with van der Waals surface area (Å²) in [6.07, 6.45) is 2.67. The number of rotatable bonds is 24. The molecule has 31 nitrogen and oxygen atoms in total. The SMILES string of the molecule is [C-]#[N+]/C(=C\c1sc(/N=N/c2ccc(N(CC)CC)cc2Nc2nc(Nc3cc(N(CC)CC)ccc3/N=N/c3nc(N4CCOCC4)c(/C=C(\C#N)N4C(=O)c5ccc(S(=O)(=O)O)cc5C4=O)s3)nc(SCC)n2)nc1N1CCOCC1)N1C(=O)c2ccc(S(=O)(=O)O)cc2C1=O. The van der Waals surface area contributed by atoms with E-state index in [4.69, 9.17) is 51.2 Å².